The second-order valence-corrected chi connectivity index (χ2v) is 7.43. The van der Waals surface area contributed by atoms with Crippen LogP contribution in [0, 0.1) is 0 Å². The lowest BCUT2D eigenvalue weighted by Gasteiger charge is -2.26. The number of nitrogens with one attached hydrogen (secondary N) is 2. The fraction of sp³-hybridized carbons (Fsp3) is 0.474. The van der Waals surface area contributed by atoms with Gasteiger partial charge in [0.25, 0.3) is 0 Å². The average Bonchev–Trinajstić information content (AvgIpc) is 3.11. The van der Waals surface area contributed by atoms with Gasteiger partial charge in [-0.15, -0.1) is 0 Å². The molecule has 1 atom stereocenters. The Morgan fingerprint density at radius 3 is 2.70 bits per heavy atom. The van der Waals surface area contributed by atoms with Gasteiger partial charge in [0.05, 0.1) is 13.2 Å². The number of thiocarbonyl (C=S) groups is 1. The highest BCUT2D eigenvalue weighted by molar-refractivity contribution is 7.80. The fourth-order valence-electron chi connectivity index (χ4n) is 3.12. The zero-order valence-electron chi connectivity index (χ0n) is 15.5. The quantitative estimate of drug-likeness (QED) is 0.542. The van der Waals surface area contributed by atoms with Crippen molar-refractivity contribution in [2.75, 3.05) is 39.4 Å². The van der Waals surface area contributed by atoms with Crippen molar-refractivity contribution in [3.8, 4) is 0 Å². The summed E-state index contributed by atoms with van der Waals surface area (Å²) in [5.74, 6) is 0.898. The minimum atomic E-state index is -0.137. The van der Waals surface area contributed by atoms with Crippen LogP contribution in [0.25, 0.3) is 0 Å². The molecule has 0 spiro atoms. The third-order valence-electron chi connectivity index (χ3n) is 4.64. The first-order valence-corrected chi connectivity index (χ1v) is 9.99. The Morgan fingerprint density at radius 2 is 2.04 bits per heavy atom. The van der Waals surface area contributed by atoms with Gasteiger partial charge in [-0.25, -0.2) is 4.98 Å². The van der Waals surface area contributed by atoms with Gasteiger partial charge in [0.15, 0.2) is 5.11 Å². The van der Waals surface area contributed by atoms with Crippen molar-refractivity contribution >= 4 is 28.9 Å². The van der Waals surface area contributed by atoms with Gasteiger partial charge in [-0.2, -0.15) is 0 Å². The summed E-state index contributed by atoms with van der Waals surface area (Å²) < 4.78 is 7.37. The number of benzene rings is 1. The molecule has 3 rings (SSSR count). The van der Waals surface area contributed by atoms with Crippen LogP contribution in [0.5, 0.6) is 0 Å². The lowest BCUT2D eigenvalue weighted by molar-refractivity contribution is 0.0376. The maximum atomic E-state index is 6.04. The number of hydrogen-bond acceptors (Lipinski definition) is 4. The summed E-state index contributed by atoms with van der Waals surface area (Å²) in [6.45, 7) is 5.58. The van der Waals surface area contributed by atoms with E-state index in [2.05, 4.69) is 20.5 Å². The summed E-state index contributed by atoms with van der Waals surface area (Å²) in [7, 11) is 1.98. The summed E-state index contributed by atoms with van der Waals surface area (Å²) in [5.41, 5.74) is 1.06. The van der Waals surface area contributed by atoms with Gasteiger partial charge in [-0.05, 0) is 42.9 Å². The Hall–Kier alpha value is -1.67. The molecule has 2 aromatic rings. The maximum Gasteiger partial charge on any atom is 0.167 e. The molecule has 0 amide bonds. The number of rotatable bonds is 7. The van der Waals surface area contributed by atoms with E-state index in [-0.39, 0.29) is 6.04 Å². The summed E-state index contributed by atoms with van der Waals surface area (Å²) in [4.78, 5) is 6.91. The molecule has 146 valence electrons. The van der Waals surface area contributed by atoms with Gasteiger partial charge >= 0.3 is 0 Å². The first kappa shape index (κ1) is 20.1. The number of hydrogen-bond donors (Lipinski definition) is 2. The van der Waals surface area contributed by atoms with E-state index in [1.54, 1.807) is 6.20 Å². The van der Waals surface area contributed by atoms with Crippen LogP contribution in [-0.4, -0.2) is 59.0 Å². The minimum Gasteiger partial charge on any atom is -0.379 e. The first-order chi connectivity index (χ1) is 13.1. The highest BCUT2D eigenvalue weighted by Crippen LogP contribution is 2.22. The average molecular weight is 408 g/mol. The van der Waals surface area contributed by atoms with Crippen molar-refractivity contribution in [3.05, 3.63) is 53.1 Å². The van der Waals surface area contributed by atoms with Crippen LogP contribution in [0.1, 0.15) is 23.9 Å². The normalized spacial score (nSPS) is 16.1. The van der Waals surface area contributed by atoms with Crippen molar-refractivity contribution in [1.82, 2.24) is 25.1 Å². The molecule has 0 aliphatic carbocycles. The largest absolute Gasteiger partial charge is 0.379 e. The number of imidazole rings is 1. The Morgan fingerprint density at radius 1 is 1.30 bits per heavy atom. The molecule has 6 nitrogen and oxygen atoms in total. The van der Waals surface area contributed by atoms with Crippen LogP contribution in [0.4, 0.5) is 0 Å². The zero-order valence-corrected chi connectivity index (χ0v) is 17.1. The number of nitrogens with zero attached hydrogens (tertiary/aromatic N) is 3. The number of halogens is 1. The molecule has 0 radical (unpaired) electrons. The molecule has 0 unspecified atom stereocenters. The van der Waals surface area contributed by atoms with E-state index in [1.807, 2.05) is 42.1 Å². The third kappa shape index (κ3) is 5.90. The second-order valence-electron chi connectivity index (χ2n) is 6.59. The van der Waals surface area contributed by atoms with Crippen LogP contribution < -0.4 is 10.6 Å². The van der Waals surface area contributed by atoms with Crippen LogP contribution in [0.3, 0.4) is 0 Å². The predicted octanol–water partition coefficient (Wildman–Crippen LogP) is 2.35. The molecular formula is C19H26ClN5OS. The number of ether oxygens (including phenoxy) is 1. The van der Waals surface area contributed by atoms with E-state index in [0.717, 1.165) is 57.2 Å². The minimum absolute atomic E-state index is 0.137. The molecule has 2 heterocycles. The third-order valence-corrected chi connectivity index (χ3v) is 5.15. The van der Waals surface area contributed by atoms with Gasteiger partial charge in [0.1, 0.15) is 11.9 Å². The van der Waals surface area contributed by atoms with E-state index in [4.69, 9.17) is 28.6 Å². The SMILES string of the molecule is Cn1ccnc1[C@H](NC(=S)NCCCN1CCOCC1)c1ccc(Cl)cc1. The van der Waals surface area contributed by atoms with Gasteiger partial charge < -0.3 is 19.9 Å². The van der Waals surface area contributed by atoms with Crippen LogP contribution in [-0.2, 0) is 11.8 Å². The Kier molecular flexibility index (Phi) is 7.46. The molecule has 27 heavy (non-hydrogen) atoms. The Labute approximate surface area is 170 Å². The van der Waals surface area contributed by atoms with Gasteiger partial charge in [0, 0.05) is 44.1 Å². The van der Waals surface area contributed by atoms with E-state index in [1.165, 1.54) is 0 Å². The summed E-state index contributed by atoms with van der Waals surface area (Å²) in [6.07, 6.45) is 4.76. The van der Waals surface area contributed by atoms with E-state index >= 15 is 0 Å². The van der Waals surface area contributed by atoms with Crippen molar-refractivity contribution < 1.29 is 4.74 Å². The summed E-state index contributed by atoms with van der Waals surface area (Å²) >= 11 is 11.6. The first-order valence-electron chi connectivity index (χ1n) is 9.20. The van der Waals surface area contributed by atoms with Crippen LogP contribution >= 0.6 is 23.8 Å². The molecule has 1 aromatic heterocycles. The van der Waals surface area contributed by atoms with Crippen LogP contribution in [0.15, 0.2) is 36.7 Å². The predicted molar refractivity (Wildman–Crippen MR) is 112 cm³/mol. The second kappa shape index (κ2) is 10.0. The van der Waals surface area contributed by atoms with Crippen molar-refractivity contribution in [3.63, 3.8) is 0 Å². The highest BCUT2D eigenvalue weighted by atomic mass is 35.5. The smallest absolute Gasteiger partial charge is 0.167 e. The molecule has 2 N–H and O–H groups in total. The Balaban J connectivity index is 1.54. The molecule has 1 aromatic carbocycles. The summed E-state index contributed by atoms with van der Waals surface area (Å²) in [5, 5.41) is 8.04. The topological polar surface area (TPSA) is 54.4 Å². The van der Waals surface area contributed by atoms with Crippen molar-refractivity contribution in [1.29, 1.82) is 0 Å². The maximum absolute atomic E-state index is 6.04. The van der Waals surface area contributed by atoms with Crippen LogP contribution in [0.2, 0.25) is 5.02 Å². The lowest BCUT2D eigenvalue weighted by Crippen LogP contribution is -2.41. The standard InChI is InChI=1S/C19H26ClN5OS/c1-24-10-8-21-18(24)17(15-3-5-16(20)6-4-15)23-19(27)22-7-2-9-25-11-13-26-14-12-25/h3-6,8,10,17H,2,7,9,11-14H2,1H3,(H2,22,23,27)/t17-/m1/s1. The number of aromatic nitrogens is 2. The molecule has 1 aliphatic heterocycles. The lowest BCUT2D eigenvalue weighted by atomic mass is 10.1. The fourth-order valence-corrected chi connectivity index (χ4v) is 3.46. The molecule has 0 bridgehead atoms. The Bertz CT molecular complexity index is 730. The molecular weight excluding hydrogens is 382 g/mol. The summed E-state index contributed by atoms with van der Waals surface area (Å²) in [6, 6.07) is 7.62. The molecule has 0 saturated carbocycles. The van der Waals surface area contributed by atoms with E-state index in [0.29, 0.717) is 10.1 Å². The van der Waals surface area contributed by atoms with Crippen molar-refractivity contribution in [2.45, 2.75) is 12.5 Å². The number of morpholine rings is 1. The van der Waals surface area contributed by atoms with E-state index < -0.39 is 0 Å². The highest BCUT2D eigenvalue weighted by Gasteiger charge is 2.19. The molecule has 1 aliphatic rings. The molecule has 1 saturated heterocycles. The van der Waals surface area contributed by atoms with Gasteiger partial charge in [0.2, 0.25) is 0 Å². The number of aryl methyl sites for hydroxylation is 1. The van der Waals surface area contributed by atoms with Gasteiger partial charge in [-0.1, -0.05) is 23.7 Å². The van der Waals surface area contributed by atoms with Crippen molar-refractivity contribution in [2.24, 2.45) is 7.05 Å². The van der Waals surface area contributed by atoms with Gasteiger partial charge in [-0.3, -0.25) is 4.90 Å². The van der Waals surface area contributed by atoms with E-state index in [9.17, 15) is 0 Å². The zero-order chi connectivity index (χ0) is 19.1. The monoisotopic (exact) mass is 407 g/mol. The molecule has 1 fully saturated rings. The molecule has 8 heteroatoms.